The van der Waals surface area contributed by atoms with Crippen LogP contribution in [0, 0.1) is 11.8 Å². The molecule has 0 radical (unpaired) electrons. The molecule has 1 heterocycles. The molecule has 1 aliphatic heterocycles. The summed E-state index contributed by atoms with van der Waals surface area (Å²) in [6.45, 7) is 5.83. The highest BCUT2D eigenvalue weighted by molar-refractivity contribution is 5.88. The van der Waals surface area contributed by atoms with Crippen molar-refractivity contribution >= 4 is 17.7 Å². The number of hydrogen-bond acceptors (Lipinski definition) is 4. The number of nitrogens with one attached hydrogen (secondary N) is 1. The predicted molar refractivity (Wildman–Crippen MR) is 78.9 cm³/mol. The third kappa shape index (κ3) is 4.70. The third-order valence-electron chi connectivity index (χ3n) is 4.04. The maximum atomic E-state index is 12.2. The first-order valence-corrected chi connectivity index (χ1v) is 7.36. The van der Waals surface area contributed by atoms with Crippen LogP contribution in [0.2, 0.25) is 0 Å². The third-order valence-corrected chi connectivity index (χ3v) is 4.04. The van der Waals surface area contributed by atoms with Crippen molar-refractivity contribution in [1.29, 1.82) is 0 Å². The molecule has 3 amide bonds. The van der Waals surface area contributed by atoms with E-state index in [0.29, 0.717) is 13.0 Å². The van der Waals surface area contributed by atoms with Crippen molar-refractivity contribution in [2.24, 2.45) is 23.3 Å². The summed E-state index contributed by atoms with van der Waals surface area (Å²) in [7, 11) is 0. The van der Waals surface area contributed by atoms with Crippen LogP contribution in [0.25, 0.3) is 0 Å². The zero-order valence-electron chi connectivity index (χ0n) is 13.0. The van der Waals surface area contributed by atoms with Crippen molar-refractivity contribution in [2.75, 3.05) is 13.1 Å². The highest BCUT2D eigenvalue weighted by Gasteiger charge is 2.31. The number of amides is 3. The molecule has 21 heavy (non-hydrogen) atoms. The van der Waals surface area contributed by atoms with Gasteiger partial charge in [0.2, 0.25) is 17.7 Å². The fourth-order valence-electron chi connectivity index (χ4n) is 2.37. The van der Waals surface area contributed by atoms with Crippen LogP contribution in [0.1, 0.15) is 33.6 Å². The normalized spacial score (nSPS) is 23.8. The molecule has 1 saturated heterocycles. The first-order chi connectivity index (χ1) is 9.73. The quantitative estimate of drug-likeness (QED) is 0.615. The molecule has 1 rings (SSSR count). The van der Waals surface area contributed by atoms with Gasteiger partial charge in [-0.15, -0.1) is 0 Å². The van der Waals surface area contributed by atoms with E-state index in [2.05, 4.69) is 5.32 Å². The smallest absolute Gasteiger partial charge is 0.242 e. The molecule has 7 heteroatoms. The molecule has 3 atom stereocenters. The number of primary amides is 1. The van der Waals surface area contributed by atoms with Crippen LogP contribution in [0.15, 0.2) is 0 Å². The zero-order chi connectivity index (χ0) is 16.2. The molecule has 0 aromatic heterocycles. The van der Waals surface area contributed by atoms with Gasteiger partial charge in [-0.2, -0.15) is 0 Å². The molecule has 120 valence electrons. The molecule has 0 bridgehead atoms. The lowest BCUT2D eigenvalue weighted by Gasteiger charge is -2.37. The number of hydrogen-bond donors (Lipinski definition) is 3. The van der Waals surface area contributed by atoms with E-state index in [0.717, 1.165) is 6.42 Å². The van der Waals surface area contributed by atoms with Gasteiger partial charge in [-0.1, -0.05) is 13.8 Å². The molecule has 1 fully saturated rings. The Morgan fingerprint density at radius 3 is 2.43 bits per heavy atom. The average molecular weight is 298 g/mol. The second-order valence-corrected chi connectivity index (χ2v) is 6.06. The minimum absolute atomic E-state index is 0.00764. The summed E-state index contributed by atoms with van der Waals surface area (Å²) in [5.74, 6) is -1.23. The largest absolute Gasteiger partial charge is 0.369 e. The SMILES string of the molecule is CC(C)[C@H](N)C(=O)NCC(=O)N1CC(C(N)=O)CCC1C. The number of rotatable bonds is 5. The van der Waals surface area contributed by atoms with Gasteiger partial charge in [-0.25, -0.2) is 0 Å². The van der Waals surface area contributed by atoms with Gasteiger partial charge in [0.05, 0.1) is 18.5 Å². The molecule has 0 spiro atoms. The molecule has 1 aliphatic rings. The summed E-state index contributed by atoms with van der Waals surface area (Å²) < 4.78 is 0. The molecule has 0 aromatic rings. The monoisotopic (exact) mass is 298 g/mol. The number of piperidine rings is 1. The van der Waals surface area contributed by atoms with E-state index in [1.54, 1.807) is 4.90 Å². The van der Waals surface area contributed by atoms with Gasteiger partial charge in [0, 0.05) is 12.6 Å². The Kier molecular flexibility index (Phi) is 6.14. The van der Waals surface area contributed by atoms with Gasteiger partial charge in [0.25, 0.3) is 0 Å². The Balaban J connectivity index is 2.54. The predicted octanol–water partition coefficient (Wildman–Crippen LogP) is -0.802. The summed E-state index contributed by atoms with van der Waals surface area (Å²) >= 11 is 0. The minimum Gasteiger partial charge on any atom is -0.369 e. The molecule has 7 nitrogen and oxygen atoms in total. The van der Waals surface area contributed by atoms with Crippen molar-refractivity contribution in [3.63, 3.8) is 0 Å². The lowest BCUT2D eigenvalue weighted by Crippen LogP contribution is -2.53. The van der Waals surface area contributed by atoms with Gasteiger partial charge in [-0.3, -0.25) is 14.4 Å². The first kappa shape index (κ1) is 17.4. The van der Waals surface area contributed by atoms with Gasteiger partial charge in [0.1, 0.15) is 0 Å². The maximum Gasteiger partial charge on any atom is 0.242 e. The molecule has 0 saturated carbocycles. The lowest BCUT2D eigenvalue weighted by molar-refractivity contribution is -0.138. The van der Waals surface area contributed by atoms with Crippen molar-refractivity contribution in [3.05, 3.63) is 0 Å². The Morgan fingerprint density at radius 2 is 1.90 bits per heavy atom. The molecular weight excluding hydrogens is 272 g/mol. The lowest BCUT2D eigenvalue weighted by atomic mass is 9.93. The van der Waals surface area contributed by atoms with Crippen molar-refractivity contribution in [2.45, 2.75) is 45.7 Å². The number of nitrogens with zero attached hydrogens (tertiary/aromatic N) is 1. The number of likely N-dealkylation sites (tertiary alicyclic amines) is 1. The molecule has 5 N–H and O–H groups in total. The van der Waals surface area contributed by atoms with Crippen LogP contribution >= 0.6 is 0 Å². The van der Waals surface area contributed by atoms with Gasteiger partial charge in [0.15, 0.2) is 0 Å². The summed E-state index contributed by atoms with van der Waals surface area (Å²) in [6.07, 6.45) is 1.43. The van der Waals surface area contributed by atoms with E-state index in [-0.39, 0.29) is 42.1 Å². The fourth-order valence-corrected chi connectivity index (χ4v) is 2.37. The highest BCUT2D eigenvalue weighted by Crippen LogP contribution is 2.21. The highest BCUT2D eigenvalue weighted by atomic mass is 16.2. The average Bonchev–Trinajstić information content (AvgIpc) is 2.43. The Bertz CT molecular complexity index is 411. The second kappa shape index (κ2) is 7.40. The second-order valence-electron chi connectivity index (χ2n) is 6.06. The topological polar surface area (TPSA) is 119 Å². The van der Waals surface area contributed by atoms with Crippen molar-refractivity contribution < 1.29 is 14.4 Å². The van der Waals surface area contributed by atoms with E-state index in [9.17, 15) is 14.4 Å². The minimum atomic E-state index is -0.630. The van der Waals surface area contributed by atoms with Crippen LogP contribution in [-0.2, 0) is 14.4 Å². The van der Waals surface area contributed by atoms with E-state index < -0.39 is 6.04 Å². The van der Waals surface area contributed by atoms with Crippen LogP contribution in [0.4, 0.5) is 0 Å². The molecule has 2 unspecified atom stereocenters. The summed E-state index contributed by atoms with van der Waals surface area (Å²) in [4.78, 5) is 36.8. The number of nitrogens with two attached hydrogens (primary N) is 2. The molecule has 0 aromatic carbocycles. The van der Waals surface area contributed by atoms with Gasteiger partial charge in [-0.05, 0) is 25.7 Å². The number of carbonyl (C=O) groups excluding carboxylic acids is 3. The summed E-state index contributed by atoms with van der Waals surface area (Å²) in [5.41, 5.74) is 11.0. The molecule has 0 aliphatic carbocycles. The van der Waals surface area contributed by atoms with Crippen LogP contribution in [0.3, 0.4) is 0 Å². The van der Waals surface area contributed by atoms with E-state index in [1.165, 1.54) is 0 Å². The Hall–Kier alpha value is -1.63. The zero-order valence-corrected chi connectivity index (χ0v) is 13.0. The Morgan fingerprint density at radius 1 is 1.29 bits per heavy atom. The van der Waals surface area contributed by atoms with E-state index >= 15 is 0 Å². The molecular formula is C14H26N4O3. The summed E-state index contributed by atoms with van der Waals surface area (Å²) in [6, 6.07) is -0.585. The van der Waals surface area contributed by atoms with Crippen LogP contribution in [-0.4, -0.2) is 47.8 Å². The fraction of sp³-hybridized carbons (Fsp3) is 0.786. The van der Waals surface area contributed by atoms with Gasteiger partial charge >= 0.3 is 0 Å². The van der Waals surface area contributed by atoms with E-state index in [1.807, 2.05) is 20.8 Å². The van der Waals surface area contributed by atoms with Crippen molar-refractivity contribution in [3.8, 4) is 0 Å². The van der Waals surface area contributed by atoms with Crippen LogP contribution in [0.5, 0.6) is 0 Å². The maximum absolute atomic E-state index is 12.2. The number of carbonyl (C=O) groups is 3. The summed E-state index contributed by atoms with van der Waals surface area (Å²) in [5, 5.41) is 2.55. The first-order valence-electron chi connectivity index (χ1n) is 7.36. The van der Waals surface area contributed by atoms with Crippen molar-refractivity contribution in [1.82, 2.24) is 10.2 Å². The van der Waals surface area contributed by atoms with E-state index in [4.69, 9.17) is 11.5 Å². The standard InChI is InChI=1S/C14H26N4O3/c1-8(2)12(15)14(21)17-6-11(19)18-7-10(13(16)20)5-4-9(18)3/h8-10,12H,4-7,15H2,1-3H3,(H2,16,20)(H,17,21)/t9?,10?,12-/m0/s1. The van der Waals surface area contributed by atoms with Gasteiger partial charge < -0.3 is 21.7 Å². The Labute approximate surface area is 125 Å². The van der Waals surface area contributed by atoms with Crippen LogP contribution < -0.4 is 16.8 Å².